The normalized spacial score (nSPS) is 12.5. The Balaban J connectivity index is 1.87. The van der Waals surface area contributed by atoms with Crippen LogP contribution in [-0.4, -0.2) is 4.98 Å². The Bertz CT molecular complexity index is 745. The summed E-state index contributed by atoms with van der Waals surface area (Å²) in [5.41, 5.74) is 2.07. The van der Waals surface area contributed by atoms with Crippen molar-refractivity contribution >= 4 is 26.6 Å². The van der Waals surface area contributed by atoms with Crippen LogP contribution in [0.4, 0.5) is 5.00 Å². The number of nitrogens with one attached hydrogen (secondary N) is 2. The summed E-state index contributed by atoms with van der Waals surface area (Å²) >= 11 is 1.65. The smallest absolute Gasteiger partial charge is 0.248 e. The molecule has 0 radical (unpaired) electrons. The molecule has 2 heterocycles. The van der Waals surface area contributed by atoms with E-state index in [9.17, 15) is 4.79 Å². The van der Waals surface area contributed by atoms with Crippen LogP contribution in [-0.2, 0) is 0 Å². The zero-order chi connectivity index (χ0) is 13.2. The Hall–Kier alpha value is -2.07. The highest BCUT2D eigenvalue weighted by Crippen LogP contribution is 2.30. The van der Waals surface area contributed by atoms with Gasteiger partial charge in [0.15, 0.2) is 0 Å². The molecule has 0 aliphatic heterocycles. The van der Waals surface area contributed by atoms with Gasteiger partial charge in [0.05, 0.1) is 15.2 Å². The van der Waals surface area contributed by atoms with Gasteiger partial charge in [0.1, 0.15) is 0 Å². The molecule has 0 saturated carbocycles. The number of aromatic nitrogens is 1. The molecule has 0 aliphatic rings. The SMILES string of the molecule is CC(Nc1cc2[nH]c(=O)ccc2s1)c1ccccc1. The van der Waals surface area contributed by atoms with Crippen LogP contribution >= 0.6 is 11.3 Å². The van der Waals surface area contributed by atoms with Crippen molar-refractivity contribution in [3.63, 3.8) is 0 Å². The highest BCUT2D eigenvalue weighted by atomic mass is 32.1. The first-order valence-electron chi connectivity index (χ1n) is 6.17. The Morgan fingerprint density at radius 2 is 1.95 bits per heavy atom. The van der Waals surface area contributed by atoms with E-state index >= 15 is 0 Å². The minimum absolute atomic E-state index is 0.0621. The molecular weight excluding hydrogens is 256 g/mol. The van der Waals surface area contributed by atoms with Crippen LogP contribution in [0.3, 0.4) is 0 Å². The number of hydrogen-bond acceptors (Lipinski definition) is 3. The van der Waals surface area contributed by atoms with Gasteiger partial charge in [-0.2, -0.15) is 0 Å². The van der Waals surface area contributed by atoms with E-state index in [0.717, 1.165) is 15.2 Å². The zero-order valence-electron chi connectivity index (χ0n) is 10.5. The van der Waals surface area contributed by atoms with Crippen LogP contribution in [0.15, 0.2) is 53.3 Å². The Labute approximate surface area is 114 Å². The van der Waals surface area contributed by atoms with Gasteiger partial charge in [-0.15, -0.1) is 11.3 Å². The summed E-state index contributed by atoms with van der Waals surface area (Å²) in [6, 6.07) is 15.9. The highest BCUT2D eigenvalue weighted by molar-refractivity contribution is 7.22. The molecule has 0 saturated heterocycles. The summed E-state index contributed by atoms with van der Waals surface area (Å²) in [5.74, 6) is 0. The fourth-order valence-electron chi connectivity index (χ4n) is 2.06. The lowest BCUT2D eigenvalue weighted by molar-refractivity contribution is 0.890. The average Bonchev–Trinajstić information content (AvgIpc) is 2.81. The number of hydrogen-bond donors (Lipinski definition) is 2. The summed E-state index contributed by atoms with van der Waals surface area (Å²) in [7, 11) is 0. The van der Waals surface area contributed by atoms with E-state index in [4.69, 9.17) is 0 Å². The summed E-state index contributed by atoms with van der Waals surface area (Å²) in [6.45, 7) is 2.13. The zero-order valence-corrected chi connectivity index (χ0v) is 11.3. The van der Waals surface area contributed by atoms with Gasteiger partial charge in [-0.05, 0) is 24.6 Å². The molecule has 3 rings (SSSR count). The number of H-pyrrole nitrogens is 1. The van der Waals surface area contributed by atoms with Crippen molar-refractivity contribution < 1.29 is 0 Å². The molecule has 3 aromatic rings. The largest absolute Gasteiger partial charge is 0.370 e. The first-order chi connectivity index (χ1) is 9.22. The first-order valence-corrected chi connectivity index (χ1v) is 6.98. The number of pyridine rings is 1. The van der Waals surface area contributed by atoms with Gasteiger partial charge in [0.25, 0.3) is 0 Å². The van der Waals surface area contributed by atoms with E-state index in [1.165, 1.54) is 5.56 Å². The van der Waals surface area contributed by atoms with E-state index < -0.39 is 0 Å². The molecule has 0 aliphatic carbocycles. The molecule has 1 atom stereocenters. The lowest BCUT2D eigenvalue weighted by atomic mass is 10.1. The second-order valence-electron chi connectivity index (χ2n) is 4.49. The van der Waals surface area contributed by atoms with E-state index in [1.807, 2.05) is 30.3 Å². The van der Waals surface area contributed by atoms with Crippen LogP contribution in [0.2, 0.25) is 0 Å². The van der Waals surface area contributed by atoms with Crippen LogP contribution < -0.4 is 10.9 Å². The maximum absolute atomic E-state index is 11.3. The molecule has 2 aromatic heterocycles. The number of fused-ring (bicyclic) bond motifs is 1. The van der Waals surface area contributed by atoms with Gasteiger partial charge in [-0.1, -0.05) is 30.3 Å². The fourth-order valence-corrected chi connectivity index (χ4v) is 3.07. The van der Waals surface area contributed by atoms with E-state index in [1.54, 1.807) is 17.4 Å². The third-order valence-corrected chi connectivity index (χ3v) is 4.09. The second-order valence-corrected chi connectivity index (χ2v) is 5.57. The lowest BCUT2D eigenvalue weighted by Gasteiger charge is -2.13. The molecule has 2 N–H and O–H groups in total. The average molecular weight is 270 g/mol. The lowest BCUT2D eigenvalue weighted by Crippen LogP contribution is -2.04. The van der Waals surface area contributed by atoms with Crippen molar-refractivity contribution in [3.05, 3.63) is 64.4 Å². The van der Waals surface area contributed by atoms with Gasteiger partial charge < -0.3 is 10.3 Å². The molecule has 19 heavy (non-hydrogen) atoms. The van der Waals surface area contributed by atoms with E-state index in [-0.39, 0.29) is 11.6 Å². The fraction of sp³-hybridized carbons (Fsp3) is 0.133. The Morgan fingerprint density at radius 3 is 2.74 bits per heavy atom. The van der Waals surface area contributed by atoms with Crippen molar-refractivity contribution in [1.29, 1.82) is 0 Å². The topological polar surface area (TPSA) is 44.9 Å². The molecule has 0 amide bonds. The third kappa shape index (κ3) is 2.53. The number of rotatable bonds is 3. The summed E-state index contributed by atoms with van der Waals surface area (Å²) in [4.78, 5) is 14.1. The standard InChI is InChI=1S/C15H14N2OS/c1-10(11-5-3-2-4-6-11)16-15-9-12-13(19-15)7-8-14(18)17-12/h2-10,16H,1H3,(H,17,18). The maximum Gasteiger partial charge on any atom is 0.248 e. The molecular formula is C15H14N2OS. The number of aromatic amines is 1. The van der Waals surface area contributed by atoms with Crippen molar-refractivity contribution in [3.8, 4) is 0 Å². The molecule has 4 heteroatoms. The number of anilines is 1. The van der Waals surface area contributed by atoms with Crippen molar-refractivity contribution in [2.24, 2.45) is 0 Å². The summed E-state index contributed by atoms with van der Waals surface area (Å²) in [6.07, 6.45) is 0. The van der Waals surface area contributed by atoms with E-state index in [2.05, 4.69) is 29.4 Å². The molecule has 3 nitrogen and oxygen atoms in total. The molecule has 0 bridgehead atoms. The van der Waals surface area contributed by atoms with Crippen molar-refractivity contribution in [2.45, 2.75) is 13.0 Å². The van der Waals surface area contributed by atoms with Crippen LogP contribution in [0.5, 0.6) is 0 Å². The molecule has 1 unspecified atom stereocenters. The molecule has 96 valence electrons. The highest BCUT2D eigenvalue weighted by Gasteiger charge is 2.07. The Morgan fingerprint density at radius 1 is 1.16 bits per heavy atom. The first kappa shape index (κ1) is 12.0. The van der Waals surface area contributed by atoms with Crippen LogP contribution in [0, 0.1) is 0 Å². The number of thiophene rings is 1. The monoisotopic (exact) mass is 270 g/mol. The van der Waals surface area contributed by atoms with E-state index in [0.29, 0.717) is 0 Å². The summed E-state index contributed by atoms with van der Waals surface area (Å²) in [5, 5.41) is 4.53. The van der Waals surface area contributed by atoms with Gasteiger partial charge in [0, 0.05) is 12.1 Å². The van der Waals surface area contributed by atoms with Gasteiger partial charge >= 0.3 is 0 Å². The van der Waals surface area contributed by atoms with Gasteiger partial charge in [0.2, 0.25) is 5.56 Å². The predicted octanol–water partition coefficient (Wildman–Crippen LogP) is 3.76. The van der Waals surface area contributed by atoms with Gasteiger partial charge in [-0.25, -0.2) is 0 Å². The number of benzene rings is 1. The third-order valence-electron chi connectivity index (χ3n) is 3.06. The van der Waals surface area contributed by atoms with Crippen LogP contribution in [0.25, 0.3) is 10.2 Å². The van der Waals surface area contributed by atoms with Gasteiger partial charge in [-0.3, -0.25) is 4.79 Å². The predicted molar refractivity (Wildman–Crippen MR) is 80.9 cm³/mol. The quantitative estimate of drug-likeness (QED) is 0.761. The van der Waals surface area contributed by atoms with Crippen molar-refractivity contribution in [2.75, 3.05) is 5.32 Å². The molecule has 0 fully saturated rings. The minimum atomic E-state index is -0.0621. The molecule has 0 spiro atoms. The minimum Gasteiger partial charge on any atom is -0.370 e. The molecule has 1 aromatic carbocycles. The van der Waals surface area contributed by atoms with Crippen LogP contribution in [0.1, 0.15) is 18.5 Å². The van der Waals surface area contributed by atoms with Crippen molar-refractivity contribution in [1.82, 2.24) is 4.98 Å². The maximum atomic E-state index is 11.3. The summed E-state index contributed by atoms with van der Waals surface area (Å²) < 4.78 is 1.09. The second kappa shape index (κ2) is 4.90. The Kier molecular flexibility index (Phi) is 3.09.